The molecule has 0 amide bonds. The summed E-state index contributed by atoms with van der Waals surface area (Å²) in [5.41, 5.74) is 7.87. The van der Waals surface area contributed by atoms with E-state index in [2.05, 4.69) is 46.4 Å². The zero-order valence-electron chi connectivity index (χ0n) is 12.4. The fourth-order valence-corrected chi connectivity index (χ4v) is 3.41. The van der Waals surface area contributed by atoms with Gasteiger partial charge in [0, 0.05) is 0 Å². The normalized spacial score (nSPS) is 14.9. The van der Waals surface area contributed by atoms with Gasteiger partial charge in [-0.1, -0.05) is 30.7 Å². The van der Waals surface area contributed by atoms with Gasteiger partial charge in [0.2, 0.25) is 0 Å². The van der Waals surface area contributed by atoms with Crippen molar-refractivity contribution in [2.75, 3.05) is 0 Å². The highest BCUT2D eigenvalue weighted by Gasteiger charge is 2.10. The average molecular weight is 276 g/mol. The first-order chi connectivity index (χ1) is 10.3. The Labute approximate surface area is 125 Å². The molecule has 4 rings (SSSR count). The van der Waals surface area contributed by atoms with Crippen molar-refractivity contribution in [2.24, 2.45) is 0 Å². The summed E-state index contributed by atoms with van der Waals surface area (Å²) >= 11 is 0. The Kier molecular flexibility index (Phi) is 3.03. The molecule has 1 heterocycles. The Morgan fingerprint density at radius 2 is 1.62 bits per heavy atom. The van der Waals surface area contributed by atoms with Crippen LogP contribution in [0.1, 0.15) is 36.2 Å². The van der Waals surface area contributed by atoms with Gasteiger partial charge in [-0.2, -0.15) is 0 Å². The van der Waals surface area contributed by atoms with Crippen LogP contribution in [0.15, 0.2) is 36.4 Å². The van der Waals surface area contributed by atoms with E-state index in [0.29, 0.717) is 0 Å². The molecule has 0 unspecified atom stereocenters. The molecule has 0 saturated carbocycles. The lowest BCUT2D eigenvalue weighted by atomic mass is 9.96. The second kappa shape index (κ2) is 5.03. The van der Waals surface area contributed by atoms with E-state index in [1.54, 1.807) is 11.1 Å². The summed E-state index contributed by atoms with van der Waals surface area (Å²) < 4.78 is 0. The lowest BCUT2D eigenvalue weighted by Gasteiger charge is -2.09. The number of imidazole rings is 1. The Bertz CT molecular complexity index is 798. The number of H-pyrrole nitrogens is 1. The van der Waals surface area contributed by atoms with Crippen LogP contribution in [0.25, 0.3) is 22.2 Å². The van der Waals surface area contributed by atoms with Crippen molar-refractivity contribution >= 4 is 11.0 Å². The molecule has 0 aliphatic heterocycles. The summed E-state index contributed by atoms with van der Waals surface area (Å²) in [5, 5.41) is 0. The molecule has 2 aromatic carbocycles. The van der Waals surface area contributed by atoms with Crippen LogP contribution in [-0.4, -0.2) is 9.97 Å². The van der Waals surface area contributed by atoms with E-state index in [1.807, 2.05) is 6.92 Å². The number of rotatable bonds is 1. The molecule has 106 valence electrons. The Balaban J connectivity index is 1.78. The number of aryl methyl sites for hydroxylation is 3. The minimum atomic E-state index is 0.976. The molecule has 1 N–H and O–H groups in total. The van der Waals surface area contributed by atoms with E-state index >= 15 is 0 Å². The standard InChI is InChI=1S/C19H20N2/c1-13-20-18-10-9-17(12-19(18)21-13)16-8-7-14-5-3-2-4-6-15(14)11-16/h7-12H,2-6H2,1H3,(H,20,21). The number of nitrogens with one attached hydrogen (secondary N) is 1. The minimum Gasteiger partial charge on any atom is -0.342 e. The molecule has 2 heteroatoms. The van der Waals surface area contributed by atoms with Crippen LogP contribution in [-0.2, 0) is 12.8 Å². The Morgan fingerprint density at radius 3 is 2.52 bits per heavy atom. The van der Waals surface area contributed by atoms with Crippen molar-refractivity contribution in [3.05, 3.63) is 53.3 Å². The summed E-state index contributed by atoms with van der Waals surface area (Å²) in [6, 6.07) is 13.5. The maximum atomic E-state index is 4.48. The van der Waals surface area contributed by atoms with Gasteiger partial charge in [0.15, 0.2) is 0 Å². The van der Waals surface area contributed by atoms with Gasteiger partial charge in [-0.05, 0) is 67.0 Å². The highest BCUT2D eigenvalue weighted by Crippen LogP contribution is 2.28. The maximum absolute atomic E-state index is 4.48. The zero-order valence-corrected chi connectivity index (χ0v) is 12.4. The number of fused-ring (bicyclic) bond motifs is 2. The number of aromatic nitrogens is 2. The molecular weight excluding hydrogens is 256 g/mol. The number of aromatic amines is 1. The molecule has 2 nitrogen and oxygen atoms in total. The van der Waals surface area contributed by atoms with Crippen molar-refractivity contribution in [3.63, 3.8) is 0 Å². The van der Waals surface area contributed by atoms with Crippen molar-refractivity contribution in [1.29, 1.82) is 0 Å². The third-order valence-corrected chi connectivity index (χ3v) is 4.53. The van der Waals surface area contributed by atoms with Gasteiger partial charge in [0.25, 0.3) is 0 Å². The Hall–Kier alpha value is -2.09. The lowest BCUT2D eigenvalue weighted by Crippen LogP contribution is -1.91. The van der Waals surface area contributed by atoms with Crippen molar-refractivity contribution in [3.8, 4) is 11.1 Å². The van der Waals surface area contributed by atoms with Gasteiger partial charge in [-0.3, -0.25) is 0 Å². The number of nitrogens with zero attached hydrogens (tertiary/aromatic N) is 1. The van der Waals surface area contributed by atoms with E-state index in [0.717, 1.165) is 16.9 Å². The zero-order chi connectivity index (χ0) is 14.2. The van der Waals surface area contributed by atoms with Gasteiger partial charge >= 0.3 is 0 Å². The predicted octanol–water partition coefficient (Wildman–Crippen LogP) is 4.81. The average Bonchev–Trinajstić information content (AvgIpc) is 2.71. The molecule has 0 bridgehead atoms. The summed E-state index contributed by atoms with van der Waals surface area (Å²) in [6.07, 6.45) is 6.51. The molecule has 0 radical (unpaired) electrons. The van der Waals surface area contributed by atoms with Gasteiger partial charge in [0.1, 0.15) is 5.82 Å². The van der Waals surface area contributed by atoms with E-state index in [4.69, 9.17) is 0 Å². The van der Waals surface area contributed by atoms with Crippen LogP contribution in [0.5, 0.6) is 0 Å². The Morgan fingerprint density at radius 1 is 0.857 bits per heavy atom. The molecule has 1 aromatic heterocycles. The quantitative estimate of drug-likeness (QED) is 0.635. The molecule has 21 heavy (non-hydrogen) atoms. The smallest absolute Gasteiger partial charge is 0.104 e. The second-order valence-electron chi connectivity index (χ2n) is 6.10. The van der Waals surface area contributed by atoms with Crippen LogP contribution >= 0.6 is 0 Å². The maximum Gasteiger partial charge on any atom is 0.104 e. The van der Waals surface area contributed by atoms with Crippen LogP contribution in [0.3, 0.4) is 0 Å². The molecule has 3 aromatic rings. The molecule has 1 aliphatic carbocycles. The molecule has 0 saturated heterocycles. The van der Waals surface area contributed by atoms with Crippen LogP contribution in [0, 0.1) is 6.92 Å². The summed E-state index contributed by atoms with van der Waals surface area (Å²) in [5.74, 6) is 0.976. The first-order valence-electron chi connectivity index (χ1n) is 7.88. The fourth-order valence-electron chi connectivity index (χ4n) is 3.41. The van der Waals surface area contributed by atoms with Crippen LogP contribution < -0.4 is 0 Å². The number of benzene rings is 2. The molecule has 0 atom stereocenters. The van der Waals surface area contributed by atoms with Crippen molar-refractivity contribution in [2.45, 2.75) is 39.0 Å². The highest BCUT2D eigenvalue weighted by atomic mass is 14.9. The molecular formula is C19H20N2. The van der Waals surface area contributed by atoms with Crippen LogP contribution in [0.4, 0.5) is 0 Å². The molecule has 0 fully saturated rings. The number of hydrogen-bond acceptors (Lipinski definition) is 1. The van der Waals surface area contributed by atoms with Crippen molar-refractivity contribution < 1.29 is 0 Å². The largest absolute Gasteiger partial charge is 0.342 e. The first kappa shape index (κ1) is 12.6. The van der Waals surface area contributed by atoms with Crippen molar-refractivity contribution in [1.82, 2.24) is 9.97 Å². The SMILES string of the molecule is Cc1nc2ccc(-c3ccc4c(c3)CCCCC4)cc2[nH]1. The third-order valence-electron chi connectivity index (χ3n) is 4.53. The lowest BCUT2D eigenvalue weighted by molar-refractivity contribution is 0.711. The minimum absolute atomic E-state index is 0.976. The van der Waals surface area contributed by atoms with Gasteiger partial charge in [-0.25, -0.2) is 4.98 Å². The molecule has 0 spiro atoms. The predicted molar refractivity (Wildman–Crippen MR) is 87.5 cm³/mol. The fraction of sp³-hybridized carbons (Fsp3) is 0.316. The number of hydrogen-bond donors (Lipinski definition) is 1. The van der Waals surface area contributed by atoms with E-state index in [1.165, 1.54) is 43.2 Å². The van der Waals surface area contributed by atoms with Gasteiger partial charge < -0.3 is 4.98 Å². The third kappa shape index (κ3) is 2.35. The monoisotopic (exact) mass is 276 g/mol. The molecule has 1 aliphatic rings. The summed E-state index contributed by atoms with van der Waals surface area (Å²) in [4.78, 5) is 7.80. The summed E-state index contributed by atoms with van der Waals surface area (Å²) in [6.45, 7) is 2.00. The second-order valence-corrected chi connectivity index (χ2v) is 6.10. The first-order valence-corrected chi connectivity index (χ1v) is 7.88. The highest BCUT2D eigenvalue weighted by molar-refractivity contribution is 5.82. The van der Waals surface area contributed by atoms with Gasteiger partial charge in [0.05, 0.1) is 11.0 Å². The summed E-state index contributed by atoms with van der Waals surface area (Å²) in [7, 11) is 0. The van der Waals surface area contributed by atoms with E-state index < -0.39 is 0 Å². The van der Waals surface area contributed by atoms with E-state index in [-0.39, 0.29) is 0 Å². The topological polar surface area (TPSA) is 28.7 Å². The van der Waals surface area contributed by atoms with E-state index in [9.17, 15) is 0 Å². The van der Waals surface area contributed by atoms with Gasteiger partial charge in [-0.15, -0.1) is 0 Å². The van der Waals surface area contributed by atoms with Crippen LogP contribution in [0.2, 0.25) is 0 Å².